The van der Waals surface area contributed by atoms with Gasteiger partial charge < -0.3 is 19.3 Å². The molecule has 2 aromatic carbocycles. The highest BCUT2D eigenvalue weighted by Gasteiger charge is 2.12. The Morgan fingerprint density at radius 1 is 1.04 bits per heavy atom. The highest BCUT2D eigenvalue weighted by Crippen LogP contribution is 2.40. The van der Waals surface area contributed by atoms with Crippen molar-refractivity contribution >= 4 is 17.6 Å². The van der Waals surface area contributed by atoms with Crippen LogP contribution in [-0.2, 0) is 0 Å². The summed E-state index contributed by atoms with van der Waals surface area (Å²) in [6, 6.07) is 6.65. The number of nitro groups is 1. The topological polar surface area (TPSA) is 106 Å². The quantitative estimate of drug-likeness (QED) is 0.457. The largest absolute Gasteiger partial charge is 0.872 e. The Morgan fingerprint density at radius 3 is 2.17 bits per heavy atom. The molecule has 0 N–H and O–H groups in total. The number of non-ortho nitro benzene ring substituents is 1. The van der Waals surface area contributed by atoms with Gasteiger partial charge in [-0.25, -0.2) is 0 Å². The third-order valence-electron chi connectivity index (χ3n) is 3.21. The summed E-state index contributed by atoms with van der Waals surface area (Å²) in [5.74, 6) is 0.867. The van der Waals surface area contributed by atoms with Crippen LogP contribution in [0.15, 0.2) is 35.3 Å². The van der Waals surface area contributed by atoms with Gasteiger partial charge in [-0.15, -0.1) is 0 Å². The number of rotatable bonds is 6. The van der Waals surface area contributed by atoms with E-state index < -0.39 is 4.92 Å². The van der Waals surface area contributed by atoms with E-state index in [0.29, 0.717) is 22.9 Å². The second kappa shape index (κ2) is 7.32. The number of ether oxygens (including phenoxy) is 3. The molecule has 0 aliphatic rings. The van der Waals surface area contributed by atoms with E-state index in [-0.39, 0.29) is 17.0 Å². The molecule has 126 valence electrons. The predicted molar refractivity (Wildman–Crippen MR) is 85.9 cm³/mol. The van der Waals surface area contributed by atoms with Gasteiger partial charge in [-0.1, -0.05) is 11.8 Å². The molecule has 0 aliphatic heterocycles. The summed E-state index contributed by atoms with van der Waals surface area (Å²) in [5, 5.41) is 22.6. The van der Waals surface area contributed by atoms with Crippen molar-refractivity contribution in [3.8, 4) is 23.0 Å². The molecule has 0 aliphatic carbocycles. The monoisotopic (exact) mass is 331 g/mol. The van der Waals surface area contributed by atoms with E-state index in [0.717, 1.165) is 12.1 Å². The Hall–Kier alpha value is -3.29. The third kappa shape index (κ3) is 3.54. The van der Waals surface area contributed by atoms with Crippen LogP contribution in [0.4, 0.5) is 11.4 Å². The Balaban J connectivity index is 2.42. The molecule has 8 nitrogen and oxygen atoms in total. The molecule has 0 atom stereocenters. The van der Waals surface area contributed by atoms with Gasteiger partial charge in [-0.05, 0) is 5.56 Å². The first-order valence-electron chi connectivity index (χ1n) is 6.79. The second-order valence-electron chi connectivity index (χ2n) is 4.62. The van der Waals surface area contributed by atoms with Crippen molar-refractivity contribution in [2.75, 3.05) is 21.3 Å². The maximum atomic E-state index is 11.8. The Bertz CT molecular complexity index is 763. The van der Waals surface area contributed by atoms with Crippen molar-refractivity contribution in [1.29, 1.82) is 0 Å². The summed E-state index contributed by atoms with van der Waals surface area (Å²) in [6.07, 6.45) is 1.26. The zero-order valence-electron chi connectivity index (χ0n) is 13.3. The lowest BCUT2D eigenvalue weighted by atomic mass is 10.2. The van der Waals surface area contributed by atoms with Gasteiger partial charge in [0.1, 0.15) is 0 Å². The van der Waals surface area contributed by atoms with Gasteiger partial charge in [0, 0.05) is 30.5 Å². The van der Waals surface area contributed by atoms with Crippen LogP contribution >= 0.6 is 0 Å². The molecule has 0 bridgehead atoms. The van der Waals surface area contributed by atoms with E-state index in [2.05, 4.69) is 4.99 Å². The van der Waals surface area contributed by atoms with Gasteiger partial charge in [-0.2, -0.15) is 0 Å². The first-order chi connectivity index (χ1) is 11.5. The molecule has 0 saturated carbocycles. The SMILES string of the molecule is COc1cc(N=Cc2cc([N+](=O)[O-])ccc2[O-])cc(OC)c1OC. The van der Waals surface area contributed by atoms with Crippen molar-refractivity contribution in [3.63, 3.8) is 0 Å². The van der Waals surface area contributed by atoms with E-state index >= 15 is 0 Å². The summed E-state index contributed by atoms with van der Waals surface area (Å²) in [4.78, 5) is 14.4. The minimum absolute atomic E-state index is 0.109. The number of aliphatic imine (C=N–C) groups is 1. The molecule has 0 heterocycles. The van der Waals surface area contributed by atoms with Crippen LogP contribution in [0.5, 0.6) is 23.0 Å². The summed E-state index contributed by atoms with van der Waals surface area (Å²) < 4.78 is 15.6. The Kier molecular flexibility index (Phi) is 5.20. The van der Waals surface area contributed by atoms with E-state index in [1.165, 1.54) is 33.6 Å². The Morgan fingerprint density at radius 2 is 1.67 bits per heavy atom. The number of benzene rings is 2. The maximum absolute atomic E-state index is 11.8. The van der Waals surface area contributed by atoms with E-state index in [1.807, 2.05) is 0 Å². The van der Waals surface area contributed by atoms with Gasteiger partial charge in [-0.3, -0.25) is 15.1 Å². The molecular formula is C16H15N2O6-. The lowest BCUT2D eigenvalue weighted by molar-refractivity contribution is -0.385. The number of hydrogen-bond acceptors (Lipinski definition) is 7. The van der Waals surface area contributed by atoms with Crippen LogP contribution < -0.4 is 19.3 Å². The summed E-state index contributed by atoms with van der Waals surface area (Å²) >= 11 is 0. The maximum Gasteiger partial charge on any atom is 0.270 e. The summed E-state index contributed by atoms with van der Waals surface area (Å²) in [5.41, 5.74) is 0.370. The fourth-order valence-corrected chi connectivity index (χ4v) is 2.04. The van der Waals surface area contributed by atoms with Crippen molar-refractivity contribution in [3.05, 3.63) is 46.0 Å². The lowest BCUT2D eigenvalue weighted by Gasteiger charge is -2.13. The number of nitrogens with zero attached hydrogens (tertiary/aromatic N) is 2. The van der Waals surface area contributed by atoms with E-state index in [1.54, 1.807) is 12.1 Å². The van der Waals surface area contributed by atoms with Crippen molar-refractivity contribution in [2.24, 2.45) is 4.99 Å². The molecule has 2 rings (SSSR count). The number of hydrogen-bond donors (Lipinski definition) is 0. The minimum atomic E-state index is -0.573. The third-order valence-corrected chi connectivity index (χ3v) is 3.21. The standard InChI is InChI=1S/C16H16N2O6/c1-22-14-7-11(8-15(23-2)16(14)24-3)17-9-10-6-12(18(20)21)4-5-13(10)19/h4-9,19H,1-3H3/p-1. The summed E-state index contributed by atoms with van der Waals surface area (Å²) in [7, 11) is 4.43. The molecule has 0 radical (unpaired) electrons. The molecule has 8 heteroatoms. The molecule has 0 saturated heterocycles. The molecule has 0 spiro atoms. The fraction of sp³-hybridized carbons (Fsp3) is 0.188. The van der Waals surface area contributed by atoms with Gasteiger partial charge in [0.25, 0.3) is 5.69 Å². The predicted octanol–water partition coefficient (Wildman–Crippen LogP) is 2.44. The van der Waals surface area contributed by atoms with Crippen LogP contribution in [0.1, 0.15) is 5.56 Å². The van der Waals surface area contributed by atoms with Gasteiger partial charge in [0.15, 0.2) is 11.5 Å². The van der Waals surface area contributed by atoms with E-state index in [9.17, 15) is 15.2 Å². The van der Waals surface area contributed by atoms with Crippen molar-refractivity contribution < 1.29 is 24.2 Å². The van der Waals surface area contributed by atoms with Crippen LogP contribution in [0.25, 0.3) is 0 Å². The normalized spacial score (nSPS) is 10.6. The molecule has 0 fully saturated rings. The zero-order valence-corrected chi connectivity index (χ0v) is 13.3. The van der Waals surface area contributed by atoms with E-state index in [4.69, 9.17) is 14.2 Å². The average molecular weight is 331 g/mol. The van der Waals surface area contributed by atoms with Crippen LogP contribution in [-0.4, -0.2) is 32.5 Å². The second-order valence-corrected chi connectivity index (χ2v) is 4.62. The van der Waals surface area contributed by atoms with Crippen LogP contribution in [0.3, 0.4) is 0 Å². The highest BCUT2D eigenvalue weighted by molar-refractivity contribution is 5.86. The molecule has 2 aromatic rings. The van der Waals surface area contributed by atoms with Crippen LogP contribution in [0.2, 0.25) is 0 Å². The highest BCUT2D eigenvalue weighted by atomic mass is 16.6. The number of nitro benzene ring substituents is 1. The summed E-state index contributed by atoms with van der Waals surface area (Å²) in [6.45, 7) is 0. The Labute approximate surface area is 138 Å². The van der Waals surface area contributed by atoms with Crippen molar-refractivity contribution in [2.45, 2.75) is 0 Å². The molecule has 0 unspecified atom stereocenters. The number of methoxy groups -OCH3 is 3. The average Bonchev–Trinajstić information content (AvgIpc) is 2.59. The first kappa shape index (κ1) is 17.1. The van der Waals surface area contributed by atoms with Crippen molar-refractivity contribution in [1.82, 2.24) is 0 Å². The molecule has 0 aromatic heterocycles. The molecule has 0 amide bonds. The van der Waals surface area contributed by atoms with Gasteiger partial charge in [0.2, 0.25) is 5.75 Å². The minimum Gasteiger partial charge on any atom is -0.872 e. The van der Waals surface area contributed by atoms with Crippen LogP contribution in [0, 0.1) is 10.1 Å². The van der Waals surface area contributed by atoms with Gasteiger partial charge in [0.05, 0.1) is 31.9 Å². The molecule has 24 heavy (non-hydrogen) atoms. The van der Waals surface area contributed by atoms with Gasteiger partial charge >= 0.3 is 0 Å². The first-order valence-corrected chi connectivity index (χ1v) is 6.79. The zero-order chi connectivity index (χ0) is 17.7. The fourth-order valence-electron chi connectivity index (χ4n) is 2.04. The lowest BCUT2D eigenvalue weighted by Crippen LogP contribution is -1.98. The smallest absolute Gasteiger partial charge is 0.270 e. The molecular weight excluding hydrogens is 316 g/mol.